The average Bonchev–Trinajstić information content (AvgIpc) is 2.60. The summed E-state index contributed by atoms with van der Waals surface area (Å²) in [6.45, 7) is 9.61. The van der Waals surface area contributed by atoms with Crippen molar-refractivity contribution in [3.05, 3.63) is 0 Å². The first kappa shape index (κ1) is 29.7. The van der Waals surface area contributed by atoms with Crippen LogP contribution in [-0.2, 0) is 4.57 Å². The molecular weight excluding hydrogens is 378 g/mol. The summed E-state index contributed by atoms with van der Waals surface area (Å²) >= 11 is 0. The number of unbranched alkanes of at least 4 members (excludes halogenated alkanes) is 11. The molecule has 0 spiro atoms. The van der Waals surface area contributed by atoms with Crippen LogP contribution in [-0.4, -0.2) is 39.3 Å². The van der Waals surface area contributed by atoms with Gasteiger partial charge in [0.25, 0.3) is 0 Å². The van der Waals surface area contributed by atoms with Gasteiger partial charge in [0.1, 0.15) is 0 Å². The van der Waals surface area contributed by atoms with Crippen molar-refractivity contribution in [2.75, 3.05) is 24.6 Å². The molecule has 4 nitrogen and oxygen atoms in total. The van der Waals surface area contributed by atoms with Gasteiger partial charge in [-0.05, 0) is 0 Å². The van der Waals surface area contributed by atoms with E-state index < -0.39 is 15.1 Å². The molecule has 0 atom stereocenters. The summed E-state index contributed by atoms with van der Waals surface area (Å²) in [7, 11) is -5.48. The Morgan fingerprint density at radius 3 is 1.19 bits per heavy atom. The molecule has 0 aliphatic rings. The van der Waals surface area contributed by atoms with Gasteiger partial charge in [0.15, 0.2) is 0 Å². The van der Waals surface area contributed by atoms with Crippen molar-refractivity contribution in [1.29, 1.82) is 0 Å². The van der Waals surface area contributed by atoms with E-state index in [-0.39, 0.29) is 0 Å². The van der Waals surface area contributed by atoms with Crippen molar-refractivity contribution in [3.63, 3.8) is 0 Å². The van der Waals surface area contributed by atoms with Crippen LogP contribution in [0.4, 0.5) is 0 Å². The Morgan fingerprint density at radius 2 is 0.889 bits per heavy atom. The van der Waals surface area contributed by atoms with E-state index in [1.54, 1.807) is 12.3 Å². The average molecular weight is 429 g/mol. The van der Waals surface area contributed by atoms with Gasteiger partial charge in [0.05, 0.1) is 0 Å². The molecule has 6 heteroatoms. The summed E-state index contributed by atoms with van der Waals surface area (Å²) in [4.78, 5) is 21.6. The first-order valence-electron chi connectivity index (χ1n) is 11.5. The second-order valence-electron chi connectivity index (χ2n) is 8.11. The Morgan fingerprint density at radius 1 is 0.556 bits per heavy atom. The maximum absolute atomic E-state index is 8.88. The largest absolute Gasteiger partial charge is 0.466 e. The molecule has 0 aromatic rings. The summed E-state index contributed by atoms with van der Waals surface area (Å²) in [5.74, 6) is 0. The second-order valence-corrected chi connectivity index (χ2v) is 14.6. The predicted octanol–water partition coefficient (Wildman–Crippen LogP) is 6.96. The van der Waals surface area contributed by atoms with Crippen molar-refractivity contribution >= 4 is 15.1 Å². The van der Waals surface area contributed by atoms with Crippen molar-refractivity contribution in [1.82, 2.24) is 0 Å². The molecule has 0 aromatic heterocycles. The van der Waals surface area contributed by atoms with E-state index in [0.29, 0.717) is 0 Å². The van der Waals surface area contributed by atoms with Crippen LogP contribution in [0.2, 0.25) is 0 Å². The predicted molar refractivity (Wildman–Crippen MR) is 125 cm³/mol. The van der Waals surface area contributed by atoms with Crippen LogP contribution >= 0.6 is 15.1 Å². The maximum atomic E-state index is 8.88. The van der Waals surface area contributed by atoms with E-state index in [9.17, 15) is 0 Å². The molecular formula is C21H50O4P2. The van der Waals surface area contributed by atoms with Crippen LogP contribution < -0.4 is 0 Å². The van der Waals surface area contributed by atoms with Crippen molar-refractivity contribution < 1.29 is 19.2 Å². The van der Waals surface area contributed by atoms with Crippen molar-refractivity contribution in [3.8, 4) is 0 Å². The standard InChI is InChI=1S/C21H47P.H3O4P/c1-5-9-10-11-12-13-14-15-16-17-18-19-21-22(7-3,8-4)20-6-2;1-5(2,3)4/h22H,5-21H2,1-4H3;(H3,1,2,3,4). The van der Waals surface area contributed by atoms with Crippen LogP contribution in [0.5, 0.6) is 0 Å². The molecule has 0 radical (unpaired) electrons. The fraction of sp³-hybridized carbons (Fsp3) is 1.00. The second kappa shape index (κ2) is 19.8. The van der Waals surface area contributed by atoms with E-state index >= 15 is 0 Å². The van der Waals surface area contributed by atoms with Gasteiger partial charge in [0, 0.05) is 0 Å². The number of rotatable bonds is 17. The molecule has 0 aromatic carbocycles. The topological polar surface area (TPSA) is 77.8 Å². The molecule has 0 saturated carbocycles. The maximum Gasteiger partial charge on any atom is 0.466 e. The Hall–Kier alpha value is 0.540. The summed E-state index contributed by atoms with van der Waals surface area (Å²) in [6.07, 6.45) is 25.4. The minimum atomic E-state index is -4.64. The summed E-state index contributed by atoms with van der Waals surface area (Å²) in [6, 6.07) is 0. The quantitative estimate of drug-likeness (QED) is 0.173. The fourth-order valence-corrected chi connectivity index (χ4v) is 8.18. The minimum Gasteiger partial charge on any atom is -0.303 e. The van der Waals surface area contributed by atoms with E-state index in [1.807, 2.05) is 0 Å². The van der Waals surface area contributed by atoms with Gasteiger partial charge in [-0.3, -0.25) is 0 Å². The fourth-order valence-electron chi connectivity index (χ4n) is 3.95. The smallest absolute Gasteiger partial charge is 0.303 e. The Labute approximate surface area is 170 Å². The Bertz CT molecular complexity index is 333. The monoisotopic (exact) mass is 428 g/mol. The van der Waals surface area contributed by atoms with Gasteiger partial charge in [-0.25, -0.2) is 4.57 Å². The summed E-state index contributed by atoms with van der Waals surface area (Å²) in [5.41, 5.74) is 0. The molecule has 0 saturated heterocycles. The molecule has 0 amide bonds. The molecule has 0 heterocycles. The summed E-state index contributed by atoms with van der Waals surface area (Å²) < 4.78 is 8.88. The third-order valence-corrected chi connectivity index (χ3v) is 11.8. The third kappa shape index (κ3) is 24.5. The van der Waals surface area contributed by atoms with E-state index in [0.717, 1.165) is 0 Å². The minimum absolute atomic E-state index is 0.841. The van der Waals surface area contributed by atoms with Gasteiger partial charge in [-0.15, -0.1) is 0 Å². The molecule has 0 unspecified atom stereocenters. The zero-order valence-electron chi connectivity index (χ0n) is 18.7. The number of hydrogen-bond acceptors (Lipinski definition) is 1. The SMILES string of the molecule is CCCCCCCCCCCCCC[PH](CC)(CC)CCC.O=P(O)(O)O. The molecule has 3 N–H and O–H groups in total. The zero-order valence-corrected chi connectivity index (χ0v) is 20.6. The molecule has 0 bridgehead atoms. The first-order chi connectivity index (χ1) is 12.7. The van der Waals surface area contributed by atoms with Gasteiger partial charge >= 0.3 is 138 Å². The van der Waals surface area contributed by atoms with Crippen LogP contribution in [0, 0.1) is 0 Å². The molecule has 0 rings (SSSR count). The van der Waals surface area contributed by atoms with Crippen LogP contribution in [0.3, 0.4) is 0 Å². The number of hydrogen-bond donors (Lipinski definition) is 3. The van der Waals surface area contributed by atoms with Crippen LogP contribution in [0.1, 0.15) is 111 Å². The normalized spacial score (nSPS) is 12.6. The van der Waals surface area contributed by atoms with E-state index in [2.05, 4.69) is 27.7 Å². The van der Waals surface area contributed by atoms with E-state index in [4.69, 9.17) is 19.2 Å². The van der Waals surface area contributed by atoms with Gasteiger partial charge in [-0.1, -0.05) is 13.3 Å². The van der Waals surface area contributed by atoms with Gasteiger partial charge in [-0.2, -0.15) is 0 Å². The van der Waals surface area contributed by atoms with Gasteiger partial charge < -0.3 is 14.7 Å². The molecule has 0 aliphatic carbocycles. The Balaban J connectivity index is 0. The molecule has 0 aliphatic heterocycles. The van der Waals surface area contributed by atoms with Crippen LogP contribution in [0.15, 0.2) is 0 Å². The van der Waals surface area contributed by atoms with Gasteiger partial charge in [0.2, 0.25) is 0 Å². The zero-order chi connectivity index (χ0) is 21.0. The number of phosphoric acid groups is 1. The van der Waals surface area contributed by atoms with Crippen molar-refractivity contribution in [2.24, 2.45) is 0 Å². The van der Waals surface area contributed by atoms with Crippen LogP contribution in [0.25, 0.3) is 0 Å². The van der Waals surface area contributed by atoms with Crippen molar-refractivity contribution in [2.45, 2.75) is 111 Å². The Kier molecular flexibility index (Phi) is 21.9. The summed E-state index contributed by atoms with van der Waals surface area (Å²) in [5, 5.41) is 0. The van der Waals surface area contributed by atoms with E-state index in [1.165, 1.54) is 95.8 Å². The first-order valence-corrected chi connectivity index (χ1v) is 15.9. The molecule has 27 heavy (non-hydrogen) atoms. The third-order valence-electron chi connectivity index (χ3n) is 5.84. The molecule has 0 fully saturated rings. The molecule has 168 valence electrons.